The Labute approximate surface area is 109 Å². The Hall–Kier alpha value is -1.61. The number of benzene rings is 2. The Bertz CT molecular complexity index is 511. The number of hydrogen-bond donors (Lipinski definition) is 1. The van der Waals surface area contributed by atoms with Crippen molar-refractivity contribution in [2.45, 2.75) is 13.0 Å². The van der Waals surface area contributed by atoms with Crippen molar-refractivity contribution in [1.29, 1.82) is 0 Å². The van der Waals surface area contributed by atoms with E-state index in [4.69, 9.17) is 11.6 Å². The Kier molecular flexibility index (Phi) is 4.15. The lowest BCUT2D eigenvalue weighted by Crippen LogP contribution is -1.99. The maximum absolute atomic E-state index is 12.4. The average Bonchev–Trinajstić information content (AvgIpc) is 2.37. The molecule has 2 aromatic rings. The summed E-state index contributed by atoms with van der Waals surface area (Å²) < 4.78 is 24.7. The van der Waals surface area contributed by atoms with Gasteiger partial charge in [0.15, 0.2) is 0 Å². The minimum atomic E-state index is -2.42. The van der Waals surface area contributed by atoms with Crippen LogP contribution in [0.4, 0.5) is 14.5 Å². The first-order valence-electron chi connectivity index (χ1n) is 5.51. The first-order chi connectivity index (χ1) is 8.65. The molecule has 0 aliphatic carbocycles. The van der Waals surface area contributed by atoms with Crippen molar-refractivity contribution in [2.24, 2.45) is 0 Å². The molecule has 1 nitrogen and oxygen atoms in total. The number of anilines is 1. The minimum absolute atomic E-state index is 0.0431. The predicted octanol–water partition coefficient (Wildman–Crippen LogP) is 4.89. The van der Waals surface area contributed by atoms with Crippen molar-refractivity contribution in [3.8, 4) is 0 Å². The zero-order valence-corrected chi connectivity index (χ0v) is 10.3. The quantitative estimate of drug-likeness (QED) is 0.832. The third kappa shape index (κ3) is 3.44. The summed E-state index contributed by atoms with van der Waals surface area (Å²) in [6.07, 6.45) is -2.42. The van der Waals surface area contributed by atoms with E-state index in [0.717, 1.165) is 11.3 Å². The lowest BCUT2D eigenvalue weighted by atomic mass is 10.1. The molecule has 94 valence electrons. The molecular weight excluding hydrogens is 256 g/mol. The molecule has 0 spiro atoms. The summed E-state index contributed by atoms with van der Waals surface area (Å²) >= 11 is 5.86. The minimum Gasteiger partial charge on any atom is -0.381 e. The smallest absolute Gasteiger partial charge is 0.263 e. The summed E-state index contributed by atoms with van der Waals surface area (Å²) in [4.78, 5) is 0. The summed E-state index contributed by atoms with van der Waals surface area (Å²) in [6.45, 7) is 0.573. The highest BCUT2D eigenvalue weighted by Gasteiger charge is 2.05. The molecule has 0 aromatic heterocycles. The van der Waals surface area contributed by atoms with Crippen LogP contribution in [0.1, 0.15) is 17.6 Å². The third-order valence-corrected chi connectivity index (χ3v) is 2.79. The fourth-order valence-electron chi connectivity index (χ4n) is 1.58. The van der Waals surface area contributed by atoms with Gasteiger partial charge in [-0.05, 0) is 23.8 Å². The Balaban J connectivity index is 1.98. The Morgan fingerprint density at radius 1 is 1.06 bits per heavy atom. The number of halogens is 3. The Morgan fingerprint density at radius 2 is 1.78 bits per heavy atom. The van der Waals surface area contributed by atoms with Gasteiger partial charge in [0.25, 0.3) is 6.43 Å². The van der Waals surface area contributed by atoms with Gasteiger partial charge in [-0.2, -0.15) is 0 Å². The van der Waals surface area contributed by atoms with Crippen LogP contribution in [-0.2, 0) is 6.54 Å². The molecular formula is C14H12ClF2N. The topological polar surface area (TPSA) is 12.0 Å². The van der Waals surface area contributed by atoms with Crippen LogP contribution in [0.15, 0.2) is 48.5 Å². The SMILES string of the molecule is FC(F)c1ccc(CNc2cccc(Cl)c2)cc1. The molecule has 0 amide bonds. The summed E-state index contributed by atoms with van der Waals surface area (Å²) in [6, 6.07) is 13.6. The molecule has 4 heteroatoms. The van der Waals surface area contributed by atoms with E-state index >= 15 is 0 Å². The zero-order chi connectivity index (χ0) is 13.0. The van der Waals surface area contributed by atoms with Crippen LogP contribution in [0.3, 0.4) is 0 Å². The summed E-state index contributed by atoms with van der Waals surface area (Å²) in [5.74, 6) is 0. The zero-order valence-electron chi connectivity index (χ0n) is 9.54. The number of alkyl halides is 2. The van der Waals surface area contributed by atoms with Gasteiger partial charge in [-0.3, -0.25) is 0 Å². The highest BCUT2D eigenvalue weighted by Crippen LogP contribution is 2.19. The van der Waals surface area contributed by atoms with E-state index in [1.165, 1.54) is 12.1 Å². The fraction of sp³-hybridized carbons (Fsp3) is 0.143. The van der Waals surface area contributed by atoms with E-state index in [1.54, 1.807) is 18.2 Å². The lowest BCUT2D eigenvalue weighted by molar-refractivity contribution is 0.151. The molecule has 18 heavy (non-hydrogen) atoms. The highest BCUT2D eigenvalue weighted by atomic mass is 35.5. The molecule has 0 heterocycles. The molecule has 0 fully saturated rings. The molecule has 0 aliphatic rings. The molecule has 0 bridgehead atoms. The molecule has 1 N–H and O–H groups in total. The fourth-order valence-corrected chi connectivity index (χ4v) is 1.77. The van der Waals surface area contributed by atoms with Gasteiger partial charge in [0, 0.05) is 22.8 Å². The van der Waals surface area contributed by atoms with Gasteiger partial charge < -0.3 is 5.32 Å². The van der Waals surface area contributed by atoms with Crippen LogP contribution < -0.4 is 5.32 Å². The van der Waals surface area contributed by atoms with Crippen LogP contribution in [0, 0.1) is 0 Å². The van der Waals surface area contributed by atoms with Crippen LogP contribution in [0.25, 0.3) is 0 Å². The lowest BCUT2D eigenvalue weighted by Gasteiger charge is -2.07. The normalized spacial score (nSPS) is 10.7. The molecule has 0 unspecified atom stereocenters. The number of nitrogens with one attached hydrogen (secondary N) is 1. The maximum atomic E-state index is 12.4. The van der Waals surface area contributed by atoms with Crippen LogP contribution in [0.5, 0.6) is 0 Å². The molecule has 2 aromatic carbocycles. The van der Waals surface area contributed by atoms with E-state index in [-0.39, 0.29) is 5.56 Å². The summed E-state index contributed by atoms with van der Waals surface area (Å²) in [5.41, 5.74) is 1.89. The molecule has 2 rings (SSSR count). The second-order valence-electron chi connectivity index (χ2n) is 3.91. The third-order valence-electron chi connectivity index (χ3n) is 2.55. The molecule has 0 saturated carbocycles. The number of rotatable bonds is 4. The first kappa shape index (κ1) is 12.8. The van der Waals surface area contributed by atoms with Gasteiger partial charge in [0.1, 0.15) is 0 Å². The van der Waals surface area contributed by atoms with E-state index in [2.05, 4.69) is 5.32 Å². The average molecular weight is 268 g/mol. The van der Waals surface area contributed by atoms with Crippen molar-refractivity contribution in [3.05, 3.63) is 64.7 Å². The molecule has 0 aliphatic heterocycles. The summed E-state index contributed by atoms with van der Waals surface area (Å²) in [5, 5.41) is 3.84. The standard InChI is InChI=1S/C14H12ClF2N/c15-12-2-1-3-13(8-12)18-9-10-4-6-11(7-5-10)14(16)17/h1-8,14,18H,9H2. The Morgan fingerprint density at radius 3 is 2.39 bits per heavy atom. The van der Waals surface area contributed by atoms with Crippen molar-refractivity contribution in [3.63, 3.8) is 0 Å². The predicted molar refractivity (Wildman–Crippen MR) is 70.2 cm³/mol. The second kappa shape index (κ2) is 5.83. The molecule has 0 saturated heterocycles. The van der Waals surface area contributed by atoms with Gasteiger partial charge in [-0.25, -0.2) is 8.78 Å². The van der Waals surface area contributed by atoms with Crippen molar-refractivity contribution in [2.75, 3.05) is 5.32 Å². The largest absolute Gasteiger partial charge is 0.381 e. The number of hydrogen-bond acceptors (Lipinski definition) is 1. The van der Waals surface area contributed by atoms with Gasteiger partial charge in [-0.15, -0.1) is 0 Å². The van der Waals surface area contributed by atoms with E-state index < -0.39 is 6.43 Å². The van der Waals surface area contributed by atoms with E-state index in [1.807, 2.05) is 18.2 Å². The monoisotopic (exact) mass is 267 g/mol. The van der Waals surface area contributed by atoms with Crippen LogP contribution >= 0.6 is 11.6 Å². The van der Waals surface area contributed by atoms with Gasteiger partial charge in [-0.1, -0.05) is 41.9 Å². The van der Waals surface area contributed by atoms with Crippen molar-refractivity contribution >= 4 is 17.3 Å². The van der Waals surface area contributed by atoms with E-state index in [0.29, 0.717) is 11.6 Å². The van der Waals surface area contributed by atoms with Crippen LogP contribution in [0.2, 0.25) is 5.02 Å². The van der Waals surface area contributed by atoms with Gasteiger partial charge >= 0.3 is 0 Å². The second-order valence-corrected chi connectivity index (χ2v) is 4.34. The first-order valence-corrected chi connectivity index (χ1v) is 5.89. The van der Waals surface area contributed by atoms with Crippen molar-refractivity contribution in [1.82, 2.24) is 0 Å². The molecule has 0 atom stereocenters. The maximum Gasteiger partial charge on any atom is 0.263 e. The van der Waals surface area contributed by atoms with E-state index in [9.17, 15) is 8.78 Å². The van der Waals surface area contributed by atoms with Gasteiger partial charge in [0.2, 0.25) is 0 Å². The van der Waals surface area contributed by atoms with Gasteiger partial charge in [0.05, 0.1) is 0 Å². The van der Waals surface area contributed by atoms with Crippen molar-refractivity contribution < 1.29 is 8.78 Å². The highest BCUT2D eigenvalue weighted by molar-refractivity contribution is 6.30. The summed E-state index contributed by atoms with van der Waals surface area (Å²) in [7, 11) is 0. The van der Waals surface area contributed by atoms with Crippen LogP contribution in [-0.4, -0.2) is 0 Å². The molecule has 0 radical (unpaired) electrons.